The third-order valence-corrected chi connectivity index (χ3v) is 2.30. The fourth-order valence-electron chi connectivity index (χ4n) is 1.13. The Balaban J connectivity index is 4.61. The number of hydrogen-bond acceptors (Lipinski definition) is 7. The molecule has 7 heteroatoms. The van der Waals surface area contributed by atoms with E-state index >= 15 is 0 Å². The van der Waals surface area contributed by atoms with Crippen LogP contribution in [0.4, 0.5) is 4.79 Å². The maximum atomic E-state index is 12.0. The second-order valence-corrected chi connectivity index (χ2v) is 8.29. The molecule has 0 bridgehead atoms. The van der Waals surface area contributed by atoms with Gasteiger partial charge in [-0.15, -0.1) is 0 Å². The first-order chi connectivity index (χ1) is 10.7. The average molecular weight is 350 g/mol. The summed E-state index contributed by atoms with van der Waals surface area (Å²) >= 11 is 0. The van der Waals surface area contributed by atoms with E-state index in [0.717, 1.165) is 0 Å². The normalized spacial score (nSPS) is 15.5. The molecule has 24 heavy (non-hydrogen) atoms. The van der Waals surface area contributed by atoms with Crippen LogP contribution in [0.15, 0.2) is 0 Å². The minimum atomic E-state index is -0.914. The summed E-state index contributed by atoms with van der Waals surface area (Å²) < 4.78 is 10.4. The number of carbonyl (C=O) groups excluding carboxylic acids is 1. The second kappa shape index (κ2) is 9.56. The smallest absolute Gasteiger partial charge is 0.401 e. The molecule has 0 aromatic heterocycles. The summed E-state index contributed by atoms with van der Waals surface area (Å²) in [4.78, 5) is 32.8. The summed E-state index contributed by atoms with van der Waals surface area (Å²) in [5.74, 6) is -0.242. The zero-order valence-electron chi connectivity index (χ0n) is 16.7. The number of ether oxygens (including phenoxy) is 2. The van der Waals surface area contributed by atoms with Crippen molar-refractivity contribution < 1.29 is 33.8 Å². The third-order valence-electron chi connectivity index (χ3n) is 2.30. The fourth-order valence-corrected chi connectivity index (χ4v) is 1.13. The first-order valence-corrected chi connectivity index (χ1v) is 8.27. The highest BCUT2D eigenvalue weighted by molar-refractivity contribution is 5.60. The molecule has 0 heterocycles. The molecule has 0 fully saturated rings. The van der Waals surface area contributed by atoms with Crippen molar-refractivity contribution in [2.24, 2.45) is 11.8 Å². The Morgan fingerprint density at radius 2 is 0.958 bits per heavy atom. The first kappa shape index (κ1) is 23.1. The quantitative estimate of drug-likeness (QED) is 0.274. The third kappa shape index (κ3) is 11.6. The number of hydrogen-bond donors (Lipinski definition) is 0. The van der Waals surface area contributed by atoms with Crippen molar-refractivity contribution in [1.82, 2.24) is 0 Å². The van der Waals surface area contributed by atoms with Crippen LogP contribution in [0.25, 0.3) is 0 Å². The average Bonchev–Trinajstić information content (AvgIpc) is 2.36. The molecule has 2 atom stereocenters. The maximum Gasteiger partial charge on any atom is 0.513 e. The summed E-state index contributed by atoms with van der Waals surface area (Å²) in [6.45, 7) is 18.3. The molecule has 0 aliphatic rings. The van der Waals surface area contributed by atoms with Crippen molar-refractivity contribution in [2.75, 3.05) is 0 Å². The molecule has 0 saturated carbocycles. The van der Waals surface area contributed by atoms with Crippen LogP contribution < -0.4 is 0 Å². The SMILES string of the molecule is CC(C)C(OOC(C)(C)C)OC(=O)OC(OOC(C)(C)C)C(C)C. The summed E-state index contributed by atoms with van der Waals surface area (Å²) in [6.07, 6.45) is -2.71. The Hall–Kier alpha value is -0.890. The predicted octanol–water partition coefficient (Wildman–Crippen LogP) is 4.60. The van der Waals surface area contributed by atoms with Crippen LogP contribution in [0.1, 0.15) is 69.2 Å². The van der Waals surface area contributed by atoms with Crippen molar-refractivity contribution in [2.45, 2.75) is 93.0 Å². The van der Waals surface area contributed by atoms with Gasteiger partial charge in [-0.05, 0) is 41.5 Å². The van der Waals surface area contributed by atoms with Crippen LogP contribution in [-0.4, -0.2) is 29.9 Å². The molecule has 7 nitrogen and oxygen atoms in total. The molecule has 0 spiro atoms. The predicted molar refractivity (Wildman–Crippen MR) is 88.7 cm³/mol. The van der Waals surface area contributed by atoms with Gasteiger partial charge in [0.25, 0.3) is 0 Å². The highest BCUT2D eigenvalue weighted by atomic mass is 17.2. The Morgan fingerprint density at radius 1 is 0.667 bits per heavy atom. The van der Waals surface area contributed by atoms with Gasteiger partial charge in [0, 0.05) is 11.8 Å². The lowest BCUT2D eigenvalue weighted by Gasteiger charge is -2.27. The zero-order valence-corrected chi connectivity index (χ0v) is 16.7. The van der Waals surface area contributed by atoms with Crippen LogP contribution in [-0.2, 0) is 29.0 Å². The van der Waals surface area contributed by atoms with Crippen molar-refractivity contribution in [3.63, 3.8) is 0 Å². The van der Waals surface area contributed by atoms with Gasteiger partial charge in [0.15, 0.2) is 0 Å². The van der Waals surface area contributed by atoms with Crippen LogP contribution in [0.5, 0.6) is 0 Å². The molecule has 0 aromatic rings. The van der Waals surface area contributed by atoms with Crippen molar-refractivity contribution in [3.05, 3.63) is 0 Å². The van der Waals surface area contributed by atoms with E-state index in [1.165, 1.54) is 0 Å². The van der Waals surface area contributed by atoms with E-state index < -0.39 is 29.9 Å². The number of rotatable bonds is 8. The van der Waals surface area contributed by atoms with Crippen molar-refractivity contribution >= 4 is 6.16 Å². The van der Waals surface area contributed by atoms with Crippen LogP contribution in [0.3, 0.4) is 0 Å². The molecule has 0 rings (SSSR count). The molecule has 0 aliphatic carbocycles. The maximum absolute atomic E-state index is 12.0. The molecular weight excluding hydrogens is 316 g/mol. The van der Waals surface area contributed by atoms with E-state index in [9.17, 15) is 4.79 Å². The molecular formula is C17H34O7. The summed E-state index contributed by atoms with van der Waals surface area (Å²) in [5.41, 5.74) is -1.05. The summed E-state index contributed by atoms with van der Waals surface area (Å²) in [5, 5.41) is 0. The van der Waals surface area contributed by atoms with Gasteiger partial charge in [-0.3, -0.25) is 0 Å². The van der Waals surface area contributed by atoms with Gasteiger partial charge in [0.05, 0.1) is 11.2 Å². The molecule has 0 radical (unpaired) electrons. The van der Waals surface area contributed by atoms with Gasteiger partial charge in [0.1, 0.15) is 0 Å². The van der Waals surface area contributed by atoms with E-state index in [1.807, 2.05) is 69.2 Å². The molecule has 0 amide bonds. The van der Waals surface area contributed by atoms with E-state index in [4.69, 9.17) is 29.0 Å². The lowest BCUT2D eigenvalue weighted by Crippen LogP contribution is -2.35. The molecule has 0 aliphatic heterocycles. The van der Waals surface area contributed by atoms with Gasteiger partial charge in [-0.25, -0.2) is 14.6 Å². The lowest BCUT2D eigenvalue weighted by molar-refractivity contribution is -0.428. The fraction of sp³-hybridized carbons (Fsp3) is 0.941. The van der Waals surface area contributed by atoms with Gasteiger partial charge < -0.3 is 9.47 Å². The minimum Gasteiger partial charge on any atom is -0.401 e. The van der Waals surface area contributed by atoms with Crippen LogP contribution in [0.2, 0.25) is 0 Å². The second-order valence-electron chi connectivity index (χ2n) is 8.29. The summed E-state index contributed by atoms with van der Waals surface area (Å²) in [7, 11) is 0. The Kier molecular flexibility index (Phi) is 9.20. The van der Waals surface area contributed by atoms with Crippen molar-refractivity contribution in [1.29, 1.82) is 0 Å². The highest BCUT2D eigenvalue weighted by Crippen LogP contribution is 2.18. The van der Waals surface area contributed by atoms with Gasteiger partial charge in [0.2, 0.25) is 12.6 Å². The zero-order chi connectivity index (χ0) is 19.1. The monoisotopic (exact) mass is 350 g/mol. The molecule has 0 aromatic carbocycles. The van der Waals surface area contributed by atoms with Gasteiger partial charge in [-0.1, -0.05) is 27.7 Å². The molecule has 144 valence electrons. The largest absolute Gasteiger partial charge is 0.513 e. The van der Waals surface area contributed by atoms with Gasteiger partial charge >= 0.3 is 6.16 Å². The standard InChI is InChI=1S/C17H34O7/c1-11(2)13(21-23-16(5,6)7)19-15(18)20-14(12(3)4)22-24-17(8,9)10/h11-14H,1-10H3. The lowest BCUT2D eigenvalue weighted by atomic mass is 10.2. The molecule has 2 unspecified atom stereocenters. The van der Waals surface area contributed by atoms with E-state index in [2.05, 4.69) is 0 Å². The van der Waals surface area contributed by atoms with Crippen LogP contribution >= 0.6 is 0 Å². The Labute approximate surface area is 145 Å². The van der Waals surface area contributed by atoms with E-state index in [0.29, 0.717) is 0 Å². The first-order valence-electron chi connectivity index (χ1n) is 8.27. The Morgan fingerprint density at radius 3 is 1.17 bits per heavy atom. The summed E-state index contributed by atoms with van der Waals surface area (Å²) in [6, 6.07) is 0. The highest BCUT2D eigenvalue weighted by Gasteiger charge is 2.28. The van der Waals surface area contributed by atoms with Gasteiger partial charge in [-0.2, -0.15) is 9.78 Å². The minimum absolute atomic E-state index is 0.121. The number of carbonyl (C=O) groups is 1. The van der Waals surface area contributed by atoms with Crippen LogP contribution in [0, 0.1) is 11.8 Å². The Bertz CT molecular complexity index is 332. The molecule has 0 N–H and O–H groups in total. The van der Waals surface area contributed by atoms with Crippen molar-refractivity contribution in [3.8, 4) is 0 Å². The molecule has 0 saturated heterocycles. The van der Waals surface area contributed by atoms with E-state index in [-0.39, 0.29) is 11.8 Å². The van der Waals surface area contributed by atoms with E-state index in [1.54, 1.807) is 0 Å². The topological polar surface area (TPSA) is 72.5 Å².